The van der Waals surface area contributed by atoms with Gasteiger partial charge in [-0.3, -0.25) is 4.98 Å². The molecule has 0 aliphatic rings. The molecule has 1 heterocycles. The van der Waals surface area contributed by atoms with Crippen molar-refractivity contribution < 1.29 is 17.2 Å². The SMILES string of the molecule is O=S(=O)(Cc1cncc(Br)c1Cl)c1ccc(F)cc1F. The third-order valence-electron chi connectivity index (χ3n) is 2.48. The molecule has 3 nitrogen and oxygen atoms in total. The molecule has 0 saturated heterocycles. The summed E-state index contributed by atoms with van der Waals surface area (Å²) in [6.07, 6.45) is 2.70. The fraction of sp³-hybridized carbons (Fsp3) is 0.0833. The van der Waals surface area contributed by atoms with E-state index in [0.29, 0.717) is 10.5 Å². The third kappa shape index (κ3) is 3.16. The summed E-state index contributed by atoms with van der Waals surface area (Å²) in [5.41, 5.74) is 0.227. The van der Waals surface area contributed by atoms with Crippen LogP contribution in [0.25, 0.3) is 0 Å². The van der Waals surface area contributed by atoms with Crippen molar-refractivity contribution in [3.05, 3.63) is 57.3 Å². The number of aromatic nitrogens is 1. The summed E-state index contributed by atoms with van der Waals surface area (Å²) in [5, 5.41) is 0.186. The van der Waals surface area contributed by atoms with Crippen LogP contribution in [0.3, 0.4) is 0 Å². The Labute approximate surface area is 127 Å². The summed E-state index contributed by atoms with van der Waals surface area (Å²) >= 11 is 9.07. The average Bonchev–Trinajstić information content (AvgIpc) is 2.34. The van der Waals surface area contributed by atoms with Gasteiger partial charge in [0.1, 0.15) is 16.5 Å². The first-order valence-electron chi connectivity index (χ1n) is 5.27. The van der Waals surface area contributed by atoms with Crippen LogP contribution < -0.4 is 0 Å². The Hall–Kier alpha value is -1.05. The Balaban J connectivity index is 2.44. The van der Waals surface area contributed by atoms with Crippen LogP contribution in [0.4, 0.5) is 8.78 Å². The summed E-state index contributed by atoms with van der Waals surface area (Å²) in [6.45, 7) is 0. The van der Waals surface area contributed by atoms with Crippen LogP contribution in [0.5, 0.6) is 0 Å². The topological polar surface area (TPSA) is 47.0 Å². The molecule has 0 N–H and O–H groups in total. The van der Waals surface area contributed by atoms with E-state index in [9.17, 15) is 17.2 Å². The van der Waals surface area contributed by atoms with Gasteiger partial charge < -0.3 is 0 Å². The van der Waals surface area contributed by atoms with Crippen LogP contribution in [0.15, 0.2) is 40.0 Å². The van der Waals surface area contributed by atoms with Crippen LogP contribution in [0.1, 0.15) is 5.56 Å². The highest BCUT2D eigenvalue weighted by Crippen LogP contribution is 2.28. The molecule has 0 aliphatic heterocycles. The molecule has 0 radical (unpaired) electrons. The largest absolute Gasteiger partial charge is 0.263 e. The molecule has 0 amide bonds. The van der Waals surface area contributed by atoms with Gasteiger partial charge in [0.25, 0.3) is 0 Å². The Bertz CT molecular complexity index is 768. The van der Waals surface area contributed by atoms with Gasteiger partial charge in [-0.25, -0.2) is 17.2 Å². The minimum atomic E-state index is -3.99. The minimum absolute atomic E-state index is 0.186. The highest BCUT2D eigenvalue weighted by Gasteiger charge is 2.22. The number of halogens is 4. The molecule has 0 saturated carbocycles. The molecular formula is C12H7BrClF2NO2S. The van der Waals surface area contributed by atoms with E-state index >= 15 is 0 Å². The van der Waals surface area contributed by atoms with Gasteiger partial charge in [0, 0.05) is 24.0 Å². The maximum atomic E-state index is 13.6. The number of nitrogens with zero attached hydrogens (tertiary/aromatic N) is 1. The summed E-state index contributed by atoms with van der Waals surface area (Å²) < 4.78 is 51.1. The molecule has 0 unspecified atom stereocenters. The lowest BCUT2D eigenvalue weighted by Gasteiger charge is -2.08. The van der Waals surface area contributed by atoms with Crippen LogP contribution in [0, 0.1) is 11.6 Å². The number of pyridine rings is 1. The first kappa shape index (κ1) is 15.3. The maximum absolute atomic E-state index is 13.6. The summed E-state index contributed by atoms with van der Waals surface area (Å²) in [4.78, 5) is 3.24. The van der Waals surface area contributed by atoms with Crippen LogP contribution >= 0.6 is 27.5 Å². The molecule has 1 aromatic carbocycles. The van der Waals surface area contributed by atoms with E-state index in [1.165, 1.54) is 12.4 Å². The van der Waals surface area contributed by atoms with Gasteiger partial charge in [-0.15, -0.1) is 0 Å². The normalized spacial score (nSPS) is 11.6. The van der Waals surface area contributed by atoms with Crippen molar-refractivity contribution >= 4 is 37.4 Å². The number of benzene rings is 1. The fourth-order valence-corrected chi connectivity index (χ4v) is 3.60. The Kier molecular flexibility index (Phi) is 4.41. The van der Waals surface area contributed by atoms with Crippen LogP contribution in [-0.4, -0.2) is 13.4 Å². The van der Waals surface area contributed by atoms with Crippen molar-refractivity contribution in [2.45, 2.75) is 10.6 Å². The van der Waals surface area contributed by atoms with E-state index in [2.05, 4.69) is 20.9 Å². The number of hydrogen-bond donors (Lipinski definition) is 0. The van der Waals surface area contributed by atoms with Crippen LogP contribution in [0.2, 0.25) is 5.02 Å². The van der Waals surface area contributed by atoms with Gasteiger partial charge in [-0.05, 0) is 28.1 Å². The quantitative estimate of drug-likeness (QED) is 0.760. The van der Waals surface area contributed by atoms with E-state index in [1.54, 1.807) is 0 Å². The highest BCUT2D eigenvalue weighted by molar-refractivity contribution is 9.10. The van der Waals surface area contributed by atoms with Gasteiger partial charge in [-0.2, -0.15) is 0 Å². The fourth-order valence-electron chi connectivity index (χ4n) is 1.57. The molecule has 0 bridgehead atoms. The Morgan fingerprint density at radius 3 is 2.60 bits per heavy atom. The standard InChI is InChI=1S/C12H7BrClF2NO2S/c13-9-5-17-4-7(12(9)14)6-20(18,19)11-2-1-8(15)3-10(11)16/h1-5H,6H2. The summed E-state index contributed by atoms with van der Waals surface area (Å²) in [5.74, 6) is -2.51. The van der Waals surface area contributed by atoms with Crippen molar-refractivity contribution in [2.75, 3.05) is 0 Å². The third-order valence-corrected chi connectivity index (χ3v) is 5.45. The summed E-state index contributed by atoms with van der Waals surface area (Å²) in [6, 6.07) is 2.30. The van der Waals surface area contributed by atoms with Gasteiger partial charge in [0.15, 0.2) is 9.84 Å². The first-order valence-corrected chi connectivity index (χ1v) is 8.09. The smallest absolute Gasteiger partial charge is 0.185 e. The summed E-state index contributed by atoms with van der Waals surface area (Å²) in [7, 11) is -3.99. The molecule has 20 heavy (non-hydrogen) atoms. The molecule has 0 fully saturated rings. The average molecular weight is 383 g/mol. The second kappa shape index (κ2) is 5.75. The lowest BCUT2D eigenvalue weighted by Crippen LogP contribution is -2.08. The first-order chi connectivity index (χ1) is 9.31. The number of sulfone groups is 1. The molecule has 0 aliphatic carbocycles. The molecule has 0 spiro atoms. The van der Waals surface area contributed by atoms with Crippen molar-refractivity contribution in [2.24, 2.45) is 0 Å². The molecule has 1 aromatic heterocycles. The van der Waals surface area contributed by atoms with E-state index < -0.39 is 32.1 Å². The predicted molar refractivity (Wildman–Crippen MR) is 74.2 cm³/mol. The van der Waals surface area contributed by atoms with Crippen LogP contribution in [-0.2, 0) is 15.6 Å². The van der Waals surface area contributed by atoms with Gasteiger partial charge in [-0.1, -0.05) is 11.6 Å². The van der Waals surface area contributed by atoms with Gasteiger partial charge in [0.05, 0.1) is 15.2 Å². The maximum Gasteiger partial charge on any atom is 0.185 e. The molecular weight excluding hydrogens is 376 g/mol. The lowest BCUT2D eigenvalue weighted by atomic mass is 10.3. The molecule has 2 aromatic rings. The van der Waals surface area contributed by atoms with Gasteiger partial charge in [0.2, 0.25) is 0 Å². The Morgan fingerprint density at radius 2 is 1.95 bits per heavy atom. The lowest BCUT2D eigenvalue weighted by molar-refractivity contribution is 0.549. The number of rotatable bonds is 3. The van der Waals surface area contributed by atoms with Crippen molar-refractivity contribution in [1.29, 1.82) is 0 Å². The second-order valence-electron chi connectivity index (χ2n) is 3.93. The van der Waals surface area contributed by atoms with E-state index in [1.807, 2.05) is 0 Å². The van der Waals surface area contributed by atoms with Crippen molar-refractivity contribution in [1.82, 2.24) is 4.98 Å². The van der Waals surface area contributed by atoms with E-state index in [0.717, 1.165) is 12.1 Å². The zero-order chi connectivity index (χ0) is 14.9. The van der Waals surface area contributed by atoms with Crippen molar-refractivity contribution in [3.8, 4) is 0 Å². The molecule has 106 valence electrons. The molecule has 0 atom stereocenters. The number of hydrogen-bond acceptors (Lipinski definition) is 3. The predicted octanol–water partition coefficient (Wildman–Crippen LogP) is 3.75. The minimum Gasteiger partial charge on any atom is -0.263 e. The second-order valence-corrected chi connectivity index (χ2v) is 7.12. The molecule has 8 heteroatoms. The Morgan fingerprint density at radius 1 is 1.25 bits per heavy atom. The van der Waals surface area contributed by atoms with Crippen molar-refractivity contribution in [3.63, 3.8) is 0 Å². The van der Waals surface area contributed by atoms with E-state index in [4.69, 9.17) is 11.6 Å². The molecule has 2 rings (SSSR count). The monoisotopic (exact) mass is 381 g/mol. The van der Waals surface area contributed by atoms with Gasteiger partial charge >= 0.3 is 0 Å². The highest BCUT2D eigenvalue weighted by atomic mass is 79.9. The van der Waals surface area contributed by atoms with E-state index in [-0.39, 0.29) is 10.6 Å². The zero-order valence-corrected chi connectivity index (χ0v) is 12.9. The zero-order valence-electron chi connectivity index (χ0n) is 9.78.